The summed E-state index contributed by atoms with van der Waals surface area (Å²) in [5.41, 5.74) is 0.604. The van der Waals surface area contributed by atoms with Crippen molar-refractivity contribution in [1.29, 1.82) is 0 Å². The number of carbonyl (C=O) groups is 4. The molecule has 182 valence electrons. The number of benzene rings is 2. The Morgan fingerprint density at radius 1 is 0.882 bits per heavy atom. The lowest BCUT2D eigenvalue weighted by Gasteiger charge is -2.20. The van der Waals surface area contributed by atoms with Gasteiger partial charge in [-0.25, -0.2) is 4.79 Å². The lowest BCUT2D eigenvalue weighted by molar-refractivity contribution is -0.143. The van der Waals surface area contributed by atoms with Crippen LogP contribution in [0.25, 0.3) is 0 Å². The molecule has 0 aliphatic rings. The predicted octanol–water partition coefficient (Wildman–Crippen LogP) is 2.82. The smallest absolute Gasteiger partial charge is 0.468 e. The van der Waals surface area contributed by atoms with Gasteiger partial charge in [-0.05, 0) is 43.2 Å². The molecule has 0 aromatic heterocycles. The molecule has 1 unspecified atom stereocenters. The van der Waals surface area contributed by atoms with E-state index in [2.05, 4.69) is 5.32 Å². The third-order valence-electron chi connectivity index (χ3n) is 4.33. The average molecular weight is 473 g/mol. The number of esters is 3. The molecule has 0 amide bonds. The third kappa shape index (κ3) is 8.91. The molecule has 0 bridgehead atoms. The molecule has 0 fully saturated rings. The minimum Gasteiger partial charge on any atom is -0.468 e. The first-order valence-electron chi connectivity index (χ1n) is 10.4. The Balaban J connectivity index is 2.02. The van der Waals surface area contributed by atoms with Crippen LogP contribution in [0.5, 0.6) is 17.2 Å². The van der Waals surface area contributed by atoms with Crippen molar-refractivity contribution < 1.29 is 42.9 Å². The molecule has 2 rings (SSSR count). The molecule has 2 atom stereocenters. The van der Waals surface area contributed by atoms with Crippen LogP contribution in [-0.2, 0) is 30.3 Å². The van der Waals surface area contributed by atoms with Gasteiger partial charge in [-0.15, -0.1) is 0 Å². The summed E-state index contributed by atoms with van der Waals surface area (Å²) < 4.78 is 25.3. The van der Waals surface area contributed by atoms with Crippen LogP contribution in [0.2, 0.25) is 0 Å². The van der Waals surface area contributed by atoms with Crippen LogP contribution in [0.3, 0.4) is 0 Å². The van der Waals surface area contributed by atoms with Gasteiger partial charge in [0.2, 0.25) is 0 Å². The number of hydrogen-bond acceptors (Lipinski definition) is 10. The van der Waals surface area contributed by atoms with E-state index in [0.717, 1.165) is 0 Å². The molecule has 10 nitrogen and oxygen atoms in total. The third-order valence-corrected chi connectivity index (χ3v) is 4.33. The van der Waals surface area contributed by atoms with Crippen molar-refractivity contribution in [2.45, 2.75) is 39.3 Å². The number of methoxy groups -OCH3 is 1. The van der Waals surface area contributed by atoms with E-state index in [9.17, 15) is 19.2 Å². The van der Waals surface area contributed by atoms with Gasteiger partial charge >= 0.3 is 24.1 Å². The van der Waals surface area contributed by atoms with Gasteiger partial charge in [0.25, 0.3) is 0 Å². The van der Waals surface area contributed by atoms with Gasteiger partial charge in [-0.3, -0.25) is 14.4 Å². The molecular weight excluding hydrogens is 446 g/mol. The Hall–Kier alpha value is -3.92. The van der Waals surface area contributed by atoms with Crippen LogP contribution in [0.15, 0.2) is 48.5 Å². The zero-order valence-corrected chi connectivity index (χ0v) is 19.4. The highest BCUT2D eigenvalue weighted by atomic mass is 16.7. The Kier molecular flexibility index (Phi) is 10.0. The van der Waals surface area contributed by atoms with E-state index in [1.807, 2.05) is 0 Å². The lowest BCUT2D eigenvalue weighted by atomic mass is 10.0. The van der Waals surface area contributed by atoms with Gasteiger partial charge in [0, 0.05) is 20.4 Å². The number of nitrogens with one attached hydrogen (secondary N) is 1. The van der Waals surface area contributed by atoms with Gasteiger partial charge in [0.15, 0.2) is 11.5 Å². The van der Waals surface area contributed by atoms with E-state index < -0.39 is 36.2 Å². The van der Waals surface area contributed by atoms with Crippen molar-refractivity contribution in [2.24, 2.45) is 0 Å². The fourth-order valence-electron chi connectivity index (χ4n) is 2.89. The summed E-state index contributed by atoms with van der Waals surface area (Å²) in [4.78, 5) is 46.9. The predicted molar refractivity (Wildman–Crippen MR) is 120 cm³/mol. The molecule has 0 radical (unpaired) electrons. The second kappa shape index (κ2) is 12.9. The molecule has 34 heavy (non-hydrogen) atoms. The van der Waals surface area contributed by atoms with Crippen molar-refractivity contribution in [3.05, 3.63) is 54.1 Å². The van der Waals surface area contributed by atoms with Gasteiger partial charge in [0.1, 0.15) is 17.9 Å². The summed E-state index contributed by atoms with van der Waals surface area (Å²) in [5, 5.41) is 2.99. The average Bonchev–Trinajstić information content (AvgIpc) is 2.77. The van der Waals surface area contributed by atoms with Crippen LogP contribution < -0.4 is 19.5 Å². The maximum absolute atomic E-state index is 12.3. The zero-order chi connectivity index (χ0) is 25.1. The minimum atomic E-state index is -0.873. The number of rotatable bonds is 10. The largest absolute Gasteiger partial charge is 0.514 e. The van der Waals surface area contributed by atoms with Crippen LogP contribution in [0, 0.1) is 0 Å². The molecule has 10 heteroatoms. The van der Waals surface area contributed by atoms with Crippen LogP contribution in [-0.4, -0.2) is 49.9 Å². The fourth-order valence-corrected chi connectivity index (χ4v) is 2.89. The van der Waals surface area contributed by atoms with Crippen molar-refractivity contribution >= 4 is 24.1 Å². The zero-order valence-electron chi connectivity index (χ0n) is 19.4. The highest BCUT2D eigenvalue weighted by Gasteiger charge is 2.22. The summed E-state index contributed by atoms with van der Waals surface area (Å²) in [6, 6.07) is 12.3. The first-order chi connectivity index (χ1) is 16.2. The van der Waals surface area contributed by atoms with Gasteiger partial charge in [-0.2, -0.15) is 0 Å². The van der Waals surface area contributed by atoms with Crippen molar-refractivity contribution in [2.75, 3.05) is 13.7 Å². The number of hydrogen-bond donors (Lipinski definition) is 1. The van der Waals surface area contributed by atoms with E-state index in [0.29, 0.717) is 11.3 Å². The highest BCUT2D eigenvalue weighted by Crippen LogP contribution is 2.29. The molecule has 0 aliphatic heterocycles. The summed E-state index contributed by atoms with van der Waals surface area (Å²) in [7, 11) is 1.25. The fraction of sp³-hybridized carbons (Fsp3) is 0.333. The number of para-hydroxylation sites is 1. The normalized spacial score (nSPS) is 12.1. The van der Waals surface area contributed by atoms with Crippen LogP contribution in [0.1, 0.15) is 26.3 Å². The van der Waals surface area contributed by atoms with E-state index in [1.54, 1.807) is 43.3 Å². The molecule has 0 heterocycles. The molecule has 2 aromatic rings. The van der Waals surface area contributed by atoms with Crippen LogP contribution >= 0.6 is 0 Å². The van der Waals surface area contributed by atoms with E-state index in [4.69, 9.17) is 23.7 Å². The number of carbonyl (C=O) groups excluding carboxylic acids is 4. The summed E-state index contributed by atoms with van der Waals surface area (Å²) >= 11 is 0. The summed E-state index contributed by atoms with van der Waals surface area (Å²) in [5.74, 6) is -1.24. The Morgan fingerprint density at radius 3 is 2.15 bits per heavy atom. The molecule has 0 saturated heterocycles. The van der Waals surface area contributed by atoms with Crippen LogP contribution in [0.4, 0.5) is 4.79 Å². The Morgan fingerprint density at radius 2 is 1.53 bits per heavy atom. The summed E-state index contributed by atoms with van der Waals surface area (Å²) in [6.07, 6.45) is -1.34. The Labute approximate surface area is 197 Å². The lowest BCUT2D eigenvalue weighted by Crippen LogP contribution is -2.43. The van der Waals surface area contributed by atoms with Gasteiger partial charge in [-0.1, -0.05) is 24.3 Å². The monoisotopic (exact) mass is 473 g/mol. The summed E-state index contributed by atoms with van der Waals surface area (Å²) in [6.45, 7) is 4.21. The molecule has 2 aromatic carbocycles. The van der Waals surface area contributed by atoms with Crippen molar-refractivity contribution in [3.8, 4) is 17.2 Å². The maximum atomic E-state index is 12.3. The first kappa shape index (κ1) is 26.3. The standard InChI is InChI=1S/C24H27NO9/c1-15(31-24(29)34-19-8-6-5-7-9-19)14-25-20(23(28)30-4)12-18-10-11-21(32-16(2)26)22(13-18)33-17(3)27/h5-11,13,15,20,25H,12,14H2,1-4H3/t15?,20-/m0/s1. The topological polar surface area (TPSA) is 126 Å². The van der Waals surface area contributed by atoms with Gasteiger partial charge < -0.3 is 29.0 Å². The Bertz CT molecular complexity index is 1010. The molecule has 1 N–H and O–H groups in total. The van der Waals surface area contributed by atoms with Crippen molar-refractivity contribution in [1.82, 2.24) is 5.32 Å². The number of ether oxygens (including phenoxy) is 5. The molecular formula is C24H27NO9. The first-order valence-corrected chi connectivity index (χ1v) is 10.4. The van der Waals surface area contributed by atoms with Gasteiger partial charge in [0.05, 0.1) is 7.11 Å². The quantitative estimate of drug-likeness (QED) is 0.313. The van der Waals surface area contributed by atoms with E-state index in [-0.39, 0.29) is 24.5 Å². The SMILES string of the molecule is COC(=O)[C@H](Cc1ccc(OC(C)=O)c(OC(C)=O)c1)NCC(C)OC(=O)Oc1ccccc1. The molecule has 0 spiro atoms. The minimum absolute atomic E-state index is 0.0455. The second-order valence-corrected chi connectivity index (χ2v) is 7.25. The van der Waals surface area contributed by atoms with E-state index >= 15 is 0 Å². The molecule has 0 aliphatic carbocycles. The maximum Gasteiger partial charge on any atom is 0.514 e. The van der Waals surface area contributed by atoms with Crippen molar-refractivity contribution in [3.63, 3.8) is 0 Å². The second-order valence-electron chi connectivity index (χ2n) is 7.25. The molecule has 0 saturated carbocycles. The highest BCUT2D eigenvalue weighted by molar-refractivity contribution is 5.76. The van der Waals surface area contributed by atoms with E-state index in [1.165, 1.54) is 33.1 Å².